The average Bonchev–Trinajstić information content (AvgIpc) is 3.47. The molecule has 5 rings (SSSR count). The van der Waals surface area contributed by atoms with Gasteiger partial charge in [0.25, 0.3) is 0 Å². The van der Waals surface area contributed by atoms with E-state index < -0.39 is 0 Å². The molecule has 1 saturated heterocycles. The maximum atomic E-state index is 12.6. The number of nitrogens with one attached hydrogen (secondary N) is 3. The van der Waals surface area contributed by atoms with E-state index in [2.05, 4.69) is 55.4 Å². The molecule has 9 nitrogen and oxygen atoms in total. The van der Waals surface area contributed by atoms with E-state index in [1.807, 2.05) is 18.5 Å². The standard InChI is InChI=1S/C23H26N6O3S/c1-31-16-8-9-17(20(12-16)32-2)24-21(30)14-33-23-26-25-22-19-13-18(15-6-4-3-5-7-15)27-29(19)11-10-28(22)23/h3-12,18-19,22,25,27H,13-14H2,1-2H3,(H,24,30). The Kier molecular flexibility index (Phi) is 6.01. The largest absolute Gasteiger partial charge is 0.497 e. The Morgan fingerprint density at radius 2 is 2.03 bits per heavy atom. The van der Waals surface area contributed by atoms with Crippen LogP contribution in [0, 0.1) is 0 Å². The number of nitrogens with zero attached hydrogens (tertiary/aromatic N) is 3. The summed E-state index contributed by atoms with van der Waals surface area (Å²) in [4.78, 5) is 14.7. The van der Waals surface area contributed by atoms with Crippen molar-refractivity contribution in [3.8, 4) is 11.5 Å². The number of carbonyl (C=O) groups is 1. The van der Waals surface area contributed by atoms with E-state index in [0.29, 0.717) is 17.2 Å². The number of hydrazone groups is 1. The quantitative estimate of drug-likeness (QED) is 0.599. The lowest BCUT2D eigenvalue weighted by Crippen LogP contribution is -2.54. The van der Waals surface area contributed by atoms with Gasteiger partial charge in [0.15, 0.2) is 5.17 Å². The molecular weight excluding hydrogens is 440 g/mol. The van der Waals surface area contributed by atoms with Crippen LogP contribution in [0.3, 0.4) is 0 Å². The smallest absolute Gasteiger partial charge is 0.234 e. The lowest BCUT2D eigenvalue weighted by molar-refractivity contribution is -0.113. The topological polar surface area (TPSA) is 90.5 Å². The molecule has 3 aliphatic rings. The van der Waals surface area contributed by atoms with Gasteiger partial charge in [-0.15, -0.1) is 0 Å². The number of amidine groups is 1. The van der Waals surface area contributed by atoms with Crippen LogP contribution in [0.15, 0.2) is 66.0 Å². The predicted octanol–water partition coefficient (Wildman–Crippen LogP) is 2.68. The van der Waals surface area contributed by atoms with Gasteiger partial charge in [-0.05, 0) is 24.1 Å². The van der Waals surface area contributed by atoms with Crippen molar-refractivity contribution >= 4 is 28.5 Å². The van der Waals surface area contributed by atoms with Crippen LogP contribution < -0.4 is 25.6 Å². The normalized spacial score (nSPS) is 22.8. The summed E-state index contributed by atoms with van der Waals surface area (Å²) in [5, 5.41) is 10.3. The van der Waals surface area contributed by atoms with E-state index in [0.717, 1.165) is 11.6 Å². The fraction of sp³-hybridized carbons (Fsp3) is 0.304. The Labute approximate surface area is 196 Å². The van der Waals surface area contributed by atoms with Gasteiger partial charge in [0.1, 0.15) is 17.7 Å². The molecule has 3 aliphatic heterocycles. The number of hydrazine groups is 1. The molecule has 0 saturated carbocycles. The number of anilines is 1. The molecule has 1 amide bonds. The number of methoxy groups -OCH3 is 2. The molecule has 10 heteroatoms. The van der Waals surface area contributed by atoms with Gasteiger partial charge in [-0.3, -0.25) is 10.2 Å². The molecule has 3 heterocycles. The molecular formula is C23H26N6O3S. The molecule has 0 radical (unpaired) electrons. The minimum atomic E-state index is -0.135. The van der Waals surface area contributed by atoms with Crippen LogP contribution in [-0.2, 0) is 4.79 Å². The third-order valence-corrected chi connectivity index (χ3v) is 6.89. The second-order valence-corrected chi connectivity index (χ2v) is 8.82. The number of fused-ring (bicyclic) bond motifs is 3. The number of ether oxygens (including phenoxy) is 2. The molecule has 0 bridgehead atoms. The Hall–Kier alpha value is -3.37. The third-order valence-electron chi connectivity index (χ3n) is 5.92. The Morgan fingerprint density at radius 1 is 1.18 bits per heavy atom. The van der Waals surface area contributed by atoms with Crippen molar-refractivity contribution in [3.05, 3.63) is 66.5 Å². The lowest BCUT2D eigenvalue weighted by Gasteiger charge is -2.36. The number of benzene rings is 2. The molecule has 0 spiro atoms. The van der Waals surface area contributed by atoms with Gasteiger partial charge >= 0.3 is 0 Å². The van der Waals surface area contributed by atoms with Crippen molar-refractivity contribution in [2.24, 2.45) is 5.10 Å². The van der Waals surface area contributed by atoms with Gasteiger partial charge in [-0.25, -0.2) is 5.43 Å². The highest BCUT2D eigenvalue weighted by Gasteiger charge is 2.44. The first-order chi connectivity index (χ1) is 16.2. The monoisotopic (exact) mass is 466 g/mol. The summed E-state index contributed by atoms with van der Waals surface area (Å²) in [5.41, 5.74) is 8.69. The van der Waals surface area contributed by atoms with Crippen molar-refractivity contribution in [2.75, 3.05) is 25.3 Å². The highest BCUT2D eigenvalue weighted by Crippen LogP contribution is 2.35. The Morgan fingerprint density at radius 3 is 2.82 bits per heavy atom. The van der Waals surface area contributed by atoms with Gasteiger partial charge in [-0.2, -0.15) is 5.10 Å². The number of rotatable bonds is 6. The summed E-state index contributed by atoms with van der Waals surface area (Å²) in [7, 11) is 3.15. The number of amides is 1. The van der Waals surface area contributed by atoms with Gasteiger partial charge in [0.05, 0.1) is 37.7 Å². The van der Waals surface area contributed by atoms with Crippen molar-refractivity contribution in [1.82, 2.24) is 20.8 Å². The van der Waals surface area contributed by atoms with E-state index >= 15 is 0 Å². The summed E-state index contributed by atoms with van der Waals surface area (Å²) in [6, 6.07) is 16.2. The molecule has 3 atom stereocenters. The zero-order chi connectivity index (χ0) is 22.8. The van der Waals surface area contributed by atoms with Crippen LogP contribution in [-0.4, -0.2) is 53.2 Å². The molecule has 2 aromatic rings. The summed E-state index contributed by atoms with van der Waals surface area (Å²) in [5.74, 6) is 1.31. The van der Waals surface area contributed by atoms with Crippen molar-refractivity contribution in [2.45, 2.75) is 24.7 Å². The molecule has 0 aliphatic carbocycles. The fourth-order valence-electron chi connectivity index (χ4n) is 4.27. The van der Waals surface area contributed by atoms with Gasteiger partial charge in [0.2, 0.25) is 5.91 Å². The number of hydrogen-bond acceptors (Lipinski definition) is 9. The summed E-state index contributed by atoms with van der Waals surface area (Å²) in [6.45, 7) is 0. The second-order valence-electron chi connectivity index (χ2n) is 7.88. The lowest BCUT2D eigenvalue weighted by atomic mass is 10.00. The van der Waals surface area contributed by atoms with Crippen molar-refractivity contribution in [3.63, 3.8) is 0 Å². The number of thioether (sulfide) groups is 1. The zero-order valence-electron chi connectivity index (χ0n) is 18.4. The fourth-order valence-corrected chi connectivity index (χ4v) is 5.04. The molecule has 0 aromatic heterocycles. The minimum absolute atomic E-state index is 0.0171. The molecule has 2 aromatic carbocycles. The van der Waals surface area contributed by atoms with E-state index in [9.17, 15) is 4.79 Å². The van der Waals surface area contributed by atoms with Crippen LogP contribution in [0.1, 0.15) is 18.0 Å². The first kappa shape index (κ1) is 21.5. The Balaban J connectivity index is 1.18. The van der Waals surface area contributed by atoms with Gasteiger partial charge in [0, 0.05) is 18.5 Å². The van der Waals surface area contributed by atoms with Crippen LogP contribution in [0.2, 0.25) is 0 Å². The molecule has 3 unspecified atom stereocenters. The maximum Gasteiger partial charge on any atom is 0.234 e. The van der Waals surface area contributed by atoms with Gasteiger partial charge in [-0.1, -0.05) is 42.1 Å². The van der Waals surface area contributed by atoms with Crippen LogP contribution in [0.25, 0.3) is 0 Å². The SMILES string of the molecule is COc1ccc(NC(=O)CSC2=NNC3C4CC(c5ccccc5)NN4C=CN23)c(OC)c1. The molecule has 3 N–H and O–H groups in total. The highest BCUT2D eigenvalue weighted by molar-refractivity contribution is 8.14. The predicted molar refractivity (Wildman–Crippen MR) is 129 cm³/mol. The highest BCUT2D eigenvalue weighted by atomic mass is 32.2. The molecule has 172 valence electrons. The van der Waals surface area contributed by atoms with Crippen LogP contribution in [0.4, 0.5) is 5.69 Å². The maximum absolute atomic E-state index is 12.6. The van der Waals surface area contributed by atoms with Crippen LogP contribution in [0.5, 0.6) is 11.5 Å². The molecule has 33 heavy (non-hydrogen) atoms. The van der Waals surface area contributed by atoms with Crippen molar-refractivity contribution in [1.29, 1.82) is 0 Å². The first-order valence-electron chi connectivity index (χ1n) is 10.7. The van der Waals surface area contributed by atoms with Gasteiger partial charge < -0.3 is 24.7 Å². The van der Waals surface area contributed by atoms with E-state index in [-0.39, 0.29) is 29.9 Å². The minimum Gasteiger partial charge on any atom is -0.497 e. The first-order valence-corrected chi connectivity index (χ1v) is 11.7. The summed E-state index contributed by atoms with van der Waals surface area (Å²) < 4.78 is 10.6. The Bertz CT molecular complexity index is 1080. The summed E-state index contributed by atoms with van der Waals surface area (Å²) >= 11 is 1.40. The van der Waals surface area contributed by atoms with E-state index in [4.69, 9.17) is 9.47 Å². The second kappa shape index (κ2) is 9.24. The third kappa shape index (κ3) is 4.31. The zero-order valence-corrected chi connectivity index (χ0v) is 19.2. The summed E-state index contributed by atoms with van der Waals surface area (Å²) in [6.07, 6.45) is 5.00. The van der Waals surface area contributed by atoms with E-state index in [1.54, 1.807) is 32.4 Å². The average molecular weight is 467 g/mol. The van der Waals surface area contributed by atoms with Crippen LogP contribution >= 0.6 is 11.8 Å². The van der Waals surface area contributed by atoms with Crippen molar-refractivity contribution < 1.29 is 14.3 Å². The molecule has 1 fully saturated rings. The number of hydrogen-bond donors (Lipinski definition) is 3. The van der Waals surface area contributed by atoms with E-state index in [1.165, 1.54) is 17.3 Å². The number of carbonyl (C=O) groups excluding carboxylic acids is 1.